The van der Waals surface area contributed by atoms with Crippen LogP contribution in [0.5, 0.6) is 0 Å². The smallest absolute Gasteiger partial charge is 0.272 e. The molecule has 1 fully saturated rings. The summed E-state index contributed by atoms with van der Waals surface area (Å²) >= 11 is 0. The van der Waals surface area contributed by atoms with Crippen molar-refractivity contribution < 1.29 is 34.9 Å². The van der Waals surface area contributed by atoms with Crippen molar-refractivity contribution >= 4 is 17.3 Å². The van der Waals surface area contributed by atoms with Crippen LogP contribution in [0.4, 0.5) is 11.4 Å². The molecule has 10 nitrogen and oxygen atoms in total. The molecule has 4 N–H and O–H groups in total. The van der Waals surface area contributed by atoms with Crippen molar-refractivity contribution in [3.8, 4) is 0 Å². The van der Waals surface area contributed by atoms with Gasteiger partial charge < -0.3 is 35.3 Å². The number of aromatic carboxylic acids is 1. The van der Waals surface area contributed by atoms with Gasteiger partial charge in [-0.2, -0.15) is 0 Å². The van der Waals surface area contributed by atoms with Gasteiger partial charge in [-0.3, -0.25) is 10.1 Å². The molecule has 1 aliphatic rings. The minimum Gasteiger partial charge on any atom is -0.545 e. The highest BCUT2D eigenvalue weighted by molar-refractivity contribution is 5.88. The van der Waals surface area contributed by atoms with Crippen LogP contribution in [0, 0.1) is 10.1 Å². The number of benzene rings is 1. The number of aliphatic hydroxyl groups is 3. The Morgan fingerprint density at radius 1 is 1.32 bits per heavy atom. The van der Waals surface area contributed by atoms with Crippen molar-refractivity contribution in [1.29, 1.82) is 0 Å². The molecule has 1 heterocycles. The van der Waals surface area contributed by atoms with Crippen molar-refractivity contribution in [3.63, 3.8) is 0 Å². The lowest BCUT2D eigenvalue weighted by Crippen LogP contribution is -2.36. The number of nitrogens with one attached hydrogen (secondary N) is 1. The van der Waals surface area contributed by atoms with Crippen molar-refractivity contribution in [2.24, 2.45) is 0 Å². The molecule has 0 radical (unpaired) electrons. The molecular formula is C12H13N2O8-. The Kier molecular flexibility index (Phi) is 4.56. The number of rotatable bonds is 5. The lowest BCUT2D eigenvalue weighted by Gasteiger charge is -2.18. The molecule has 1 aromatic rings. The standard InChI is InChI=1S/C12H14N2O8/c15-4-8-9(16)10(17)11(22-8)13-6-1-5(12(18)19)2-7(3-6)14(20)21/h1-3,8-11,13,15-17H,4H2,(H,18,19)/p-1/t8-,9+,10-,11-/m0/s1. The van der Waals surface area contributed by atoms with E-state index >= 15 is 0 Å². The fourth-order valence-electron chi connectivity index (χ4n) is 2.10. The zero-order chi connectivity index (χ0) is 16.4. The van der Waals surface area contributed by atoms with Crippen molar-refractivity contribution in [1.82, 2.24) is 0 Å². The second kappa shape index (κ2) is 6.23. The highest BCUT2D eigenvalue weighted by atomic mass is 16.6. The lowest BCUT2D eigenvalue weighted by molar-refractivity contribution is -0.384. The summed E-state index contributed by atoms with van der Waals surface area (Å²) in [7, 11) is 0. The van der Waals surface area contributed by atoms with Gasteiger partial charge in [0.1, 0.15) is 18.3 Å². The summed E-state index contributed by atoms with van der Waals surface area (Å²) in [5.41, 5.74) is -0.928. The van der Waals surface area contributed by atoms with E-state index in [1.807, 2.05) is 0 Å². The van der Waals surface area contributed by atoms with E-state index in [0.29, 0.717) is 0 Å². The lowest BCUT2D eigenvalue weighted by atomic mass is 10.1. The number of nitro benzene ring substituents is 1. The molecule has 2 rings (SSSR count). The summed E-state index contributed by atoms with van der Waals surface area (Å²) in [6.45, 7) is -0.532. The largest absolute Gasteiger partial charge is 0.545 e. The van der Waals surface area contributed by atoms with Gasteiger partial charge in [0.15, 0.2) is 6.23 Å². The third-order valence-electron chi connectivity index (χ3n) is 3.22. The quantitative estimate of drug-likeness (QED) is 0.349. The maximum Gasteiger partial charge on any atom is 0.272 e. The summed E-state index contributed by atoms with van der Waals surface area (Å²) in [4.78, 5) is 20.9. The number of carboxylic acid groups (broad SMARTS) is 1. The van der Waals surface area contributed by atoms with Gasteiger partial charge in [-0.05, 0) is 6.07 Å². The predicted octanol–water partition coefficient (Wildman–Crippen LogP) is -2.19. The summed E-state index contributed by atoms with van der Waals surface area (Å²) < 4.78 is 5.15. The SMILES string of the molecule is O=C([O-])c1cc(N[C@H]2O[C@@H](CO)[C@@H](O)[C@@H]2O)cc([N+](=O)[O-])c1. The van der Waals surface area contributed by atoms with E-state index in [1.165, 1.54) is 0 Å². The minimum absolute atomic E-state index is 0.0109. The molecule has 10 heteroatoms. The minimum atomic E-state index is -1.60. The average molecular weight is 313 g/mol. The van der Waals surface area contributed by atoms with Gasteiger partial charge in [0, 0.05) is 23.4 Å². The van der Waals surface area contributed by atoms with Gasteiger partial charge in [0.25, 0.3) is 5.69 Å². The number of carboxylic acids is 1. The Morgan fingerprint density at radius 2 is 2.00 bits per heavy atom. The molecule has 1 aromatic carbocycles. The molecule has 0 saturated carbocycles. The molecule has 1 aliphatic heterocycles. The number of non-ortho nitro benzene ring substituents is 1. The normalized spacial score (nSPS) is 27.6. The molecule has 0 aromatic heterocycles. The number of hydrogen-bond acceptors (Lipinski definition) is 9. The summed E-state index contributed by atoms with van der Waals surface area (Å²) in [5, 5.41) is 52.5. The van der Waals surface area contributed by atoms with Crippen LogP contribution in [0.15, 0.2) is 18.2 Å². The molecular weight excluding hydrogens is 300 g/mol. The second-order valence-electron chi connectivity index (χ2n) is 4.72. The monoisotopic (exact) mass is 313 g/mol. The summed E-state index contributed by atoms with van der Waals surface area (Å²) in [6.07, 6.45) is -4.93. The molecule has 0 bridgehead atoms. The van der Waals surface area contributed by atoms with Crippen LogP contribution < -0.4 is 10.4 Å². The van der Waals surface area contributed by atoms with Gasteiger partial charge in [0.05, 0.1) is 17.5 Å². The van der Waals surface area contributed by atoms with Gasteiger partial charge in [-0.25, -0.2) is 0 Å². The number of aliphatic hydroxyl groups excluding tert-OH is 3. The van der Waals surface area contributed by atoms with Gasteiger partial charge >= 0.3 is 0 Å². The predicted molar refractivity (Wildman–Crippen MR) is 68.8 cm³/mol. The number of ether oxygens (including phenoxy) is 1. The molecule has 0 unspecified atom stereocenters. The number of nitrogens with zero attached hydrogens (tertiary/aromatic N) is 1. The van der Waals surface area contributed by atoms with Crippen LogP contribution >= 0.6 is 0 Å². The highest BCUT2D eigenvalue weighted by Crippen LogP contribution is 2.26. The van der Waals surface area contributed by atoms with E-state index in [1.54, 1.807) is 0 Å². The van der Waals surface area contributed by atoms with E-state index < -0.39 is 53.3 Å². The average Bonchev–Trinajstić information content (AvgIpc) is 2.74. The van der Waals surface area contributed by atoms with Crippen LogP contribution in [-0.2, 0) is 4.74 Å². The number of nitro groups is 1. The fraction of sp³-hybridized carbons (Fsp3) is 0.417. The Labute approximate surface area is 123 Å². The van der Waals surface area contributed by atoms with Crippen LogP contribution in [0.1, 0.15) is 10.4 Å². The van der Waals surface area contributed by atoms with Crippen molar-refractivity contribution in [2.75, 3.05) is 11.9 Å². The van der Waals surface area contributed by atoms with Crippen LogP contribution in [-0.4, -0.2) is 57.4 Å². The first kappa shape index (κ1) is 16.1. The van der Waals surface area contributed by atoms with Crippen LogP contribution in [0.2, 0.25) is 0 Å². The van der Waals surface area contributed by atoms with Gasteiger partial charge in [-0.1, -0.05) is 0 Å². The summed E-state index contributed by atoms with van der Waals surface area (Å²) in [5.74, 6) is -1.60. The molecule has 1 saturated heterocycles. The number of hydrogen-bond donors (Lipinski definition) is 4. The zero-order valence-electron chi connectivity index (χ0n) is 11.1. The van der Waals surface area contributed by atoms with Crippen molar-refractivity contribution in [3.05, 3.63) is 33.9 Å². The first-order valence-corrected chi connectivity index (χ1v) is 6.23. The molecule has 0 amide bonds. The second-order valence-corrected chi connectivity index (χ2v) is 4.72. The molecule has 120 valence electrons. The van der Waals surface area contributed by atoms with Gasteiger partial charge in [-0.15, -0.1) is 0 Å². The van der Waals surface area contributed by atoms with E-state index in [4.69, 9.17) is 9.84 Å². The Morgan fingerprint density at radius 3 is 2.50 bits per heavy atom. The van der Waals surface area contributed by atoms with E-state index in [9.17, 15) is 30.2 Å². The zero-order valence-corrected chi connectivity index (χ0v) is 11.1. The molecule has 4 atom stereocenters. The first-order chi connectivity index (χ1) is 10.3. The molecule has 0 aliphatic carbocycles. The number of carbonyl (C=O) groups is 1. The maximum absolute atomic E-state index is 10.9. The van der Waals surface area contributed by atoms with Crippen LogP contribution in [0.3, 0.4) is 0 Å². The molecule has 0 spiro atoms. The van der Waals surface area contributed by atoms with Crippen molar-refractivity contribution in [2.45, 2.75) is 24.5 Å². The first-order valence-electron chi connectivity index (χ1n) is 6.23. The number of carbonyl (C=O) groups excluding carboxylic acids is 1. The Hall–Kier alpha value is -2.27. The molecule has 22 heavy (non-hydrogen) atoms. The van der Waals surface area contributed by atoms with Crippen LogP contribution in [0.25, 0.3) is 0 Å². The van der Waals surface area contributed by atoms with E-state index in [-0.39, 0.29) is 5.69 Å². The van der Waals surface area contributed by atoms with E-state index in [2.05, 4.69) is 5.32 Å². The van der Waals surface area contributed by atoms with E-state index in [0.717, 1.165) is 18.2 Å². The maximum atomic E-state index is 10.9. The third-order valence-corrected chi connectivity index (χ3v) is 3.22. The highest BCUT2D eigenvalue weighted by Gasteiger charge is 2.42. The third kappa shape index (κ3) is 3.14. The number of anilines is 1. The topological polar surface area (TPSA) is 165 Å². The fourth-order valence-corrected chi connectivity index (χ4v) is 2.10. The summed E-state index contributed by atoms with van der Waals surface area (Å²) in [6, 6.07) is 2.94. The van der Waals surface area contributed by atoms with Gasteiger partial charge in [0.2, 0.25) is 0 Å². The Bertz CT molecular complexity index is 560. The Balaban J connectivity index is 2.26.